The van der Waals surface area contributed by atoms with Crippen molar-refractivity contribution < 1.29 is 17.9 Å². The number of hydrogen-bond donors (Lipinski definition) is 0. The first-order chi connectivity index (χ1) is 16.9. The lowest BCUT2D eigenvalue weighted by Gasteiger charge is -2.47. The zero-order chi connectivity index (χ0) is 24.4. The lowest BCUT2D eigenvalue weighted by Crippen LogP contribution is -2.57. The van der Waals surface area contributed by atoms with Gasteiger partial charge in [-0.3, -0.25) is 9.80 Å². The van der Waals surface area contributed by atoms with E-state index in [1.165, 1.54) is 30.4 Å². The molecule has 0 radical (unpaired) electrons. The molecule has 3 aromatic rings. The SMILES string of the molecule is COc1ccc(C(F)(F)F)cc1CN1C[C@@H]2CCCN2[C@H](C(c2ccccc2)c2ccccc2)C1. The minimum atomic E-state index is -4.38. The summed E-state index contributed by atoms with van der Waals surface area (Å²) in [6.07, 6.45) is -2.11. The molecule has 5 rings (SSSR count). The van der Waals surface area contributed by atoms with E-state index >= 15 is 0 Å². The number of rotatable bonds is 6. The Morgan fingerprint density at radius 2 is 1.57 bits per heavy atom. The lowest BCUT2D eigenvalue weighted by molar-refractivity contribution is -0.137. The van der Waals surface area contributed by atoms with E-state index in [0.717, 1.165) is 38.5 Å². The minimum absolute atomic E-state index is 0.184. The van der Waals surface area contributed by atoms with Crippen LogP contribution in [0.15, 0.2) is 78.9 Å². The molecule has 2 aliphatic heterocycles. The van der Waals surface area contributed by atoms with Crippen molar-refractivity contribution in [2.24, 2.45) is 0 Å². The van der Waals surface area contributed by atoms with Crippen molar-refractivity contribution in [3.8, 4) is 5.75 Å². The van der Waals surface area contributed by atoms with E-state index in [4.69, 9.17) is 4.74 Å². The highest BCUT2D eigenvalue weighted by Gasteiger charge is 2.42. The van der Waals surface area contributed by atoms with Gasteiger partial charge < -0.3 is 4.74 Å². The van der Waals surface area contributed by atoms with Gasteiger partial charge in [-0.2, -0.15) is 13.2 Å². The summed E-state index contributed by atoms with van der Waals surface area (Å²) in [5.74, 6) is 0.690. The molecule has 2 saturated heterocycles. The average molecular weight is 481 g/mol. The van der Waals surface area contributed by atoms with Gasteiger partial charge in [0, 0.05) is 43.2 Å². The molecule has 2 heterocycles. The number of methoxy groups -OCH3 is 1. The molecule has 0 amide bonds. The van der Waals surface area contributed by atoms with Crippen molar-refractivity contribution in [1.29, 1.82) is 0 Å². The number of halogens is 3. The Balaban J connectivity index is 1.49. The molecule has 0 unspecified atom stereocenters. The molecule has 0 N–H and O–H groups in total. The van der Waals surface area contributed by atoms with Gasteiger partial charge in [0.2, 0.25) is 0 Å². The molecular weight excluding hydrogens is 449 g/mol. The van der Waals surface area contributed by atoms with Crippen LogP contribution in [0.4, 0.5) is 13.2 Å². The number of hydrogen-bond acceptors (Lipinski definition) is 3. The Kier molecular flexibility index (Phi) is 6.85. The second kappa shape index (κ2) is 10.0. The van der Waals surface area contributed by atoms with Gasteiger partial charge in [0.05, 0.1) is 12.7 Å². The maximum Gasteiger partial charge on any atom is 0.416 e. The van der Waals surface area contributed by atoms with Crippen LogP contribution in [0.2, 0.25) is 0 Å². The van der Waals surface area contributed by atoms with Crippen LogP contribution in [-0.4, -0.2) is 48.6 Å². The standard InChI is InChI=1S/C29H31F3N2O/c1-35-27-15-14-24(29(30,31)32)17-23(27)18-33-19-25-13-8-16-34(25)26(20-33)28(21-9-4-2-5-10-21)22-11-6-3-7-12-22/h2-7,9-12,14-15,17,25-26,28H,8,13,16,18-20H2,1H3/t25-,26-/m0/s1. The molecule has 0 spiro atoms. The number of benzene rings is 3. The summed E-state index contributed by atoms with van der Waals surface area (Å²) in [5, 5.41) is 0. The van der Waals surface area contributed by atoms with Gasteiger partial charge in [0.1, 0.15) is 5.75 Å². The van der Waals surface area contributed by atoms with E-state index in [-0.39, 0.29) is 12.0 Å². The number of fused-ring (bicyclic) bond motifs is 1. The van der Waals surface area contributed by atoms with Crippen LogP contribution in [0.1, 0.15) is 41.0 Å². The first-order valence-electron chi connectivity index (χ1n) is 12.3. The summed E-state index contributed by atoms with van der Waals surface area (Å²) < 4.78 is 45.8. The van der Waals surface area contributed by atoms with Gasteiger partial charge in [-0.25, -0.2) is 0 Å². The fourth-order valence-corrected chi connectivity index (χ4v) is 5.94. The first-order valence-corrected chi connectivity index (χ1v) is 12.3. The van der Waals surface area contributed by atoms with E-state index in [0.29, 0.717) is 23.9 Å². The normalized spacial score (nSPS) is 21.3. The smallest absolute Gasteiger partial charge is 0.416 e. The Morgan fingerprint density at radius 3 is 2.17 bits per heavy atom. The van der Waals surface area contributed by atoms with E-state index in [1.54, 1.807) is 0 Å². The second-order valence-electron chi connectivity index (χ2n) is 9.62. The molecular formula is C29H31F3N2O. The third-order valence-corrected chi connectivity index (χ3v) is 7.47. The Hall–Kier alpha value is -2.83. The molecule has 2 aliphatic rings. The van der Waals surface area contributed by atoms with E-state index in [9.17, 15) is 13.2 Å². The minimum Gasteiger partial charge on any atom is -0.496 e. The van der Waals surface area contributed by atoms with Crippen LogP contribution in [0.3, 0.4) is 0 Å². The molecule has 184 valence electrons. The predicted molar refractivity (Wildman–Crippen MR) is 132 cm³/mol. The van der Waals surface area contributed by atoms with Crippen molar-refractivity contribution in [2.45, 2.75) is 43.6 Å². The average Bonchev–Trinajstić information content (AvgIpc) is 3.34. The topological polar surface area (TPSA) is 15.7 Å². The van der Waals surface area contributed by atoms with Crippen LogP contribution in [-0.2, 0) is 12.7 Å². The predicted octanol–water partition coefficient (Wildman–Crippen LogP) is 6.19. The van der Waals surface area contributed by atoms with Crippen LogP contribution < -0.4 is 4.74 Å². The maximum absolute atomic E-state index is 13.4. The Morgan fingerprint density at radius 1 is 0.914 bits per heavy atom. The van der Waals surface area contributed by atoms with Crippen molar-refractivity contribution in [3.05, 3.63) is 101 Å². The fourth-order valence-electron chi connectivity index (χ4n) is 5.94. The van der Waals surface area contributed by atoms with Crippen LogP contribution in [0, 0.1) is 0 Å². The first kappa shape index (κ1) is 23.9. The highest BCUT2D eigenvalue weighted by molar-refractivity contribution is 5.39. The number of piperazine rings is 1. The van der Waals surface area contributed by atoms with Gasteiger partial charge in [-0.1, -0.05) is 60.7 Å². The van der Waals surface area contributed by atoms with E-state index in [2.05, 4.69) is 58.3 Å². The van der Waals surface area contributed by atoms with Gasteiger partial charge in [-0.05, 0) is 48.7 Å². The zero-order valence-corrected chi connectivity index (χ0v) is 19.9. The van der Waals surface area contributed by atoms with E-state index < -0.39 is 11.7 Å². The van der Waals surface area contributed by atoms with Crippen molar-refractivity contribution in [3.63, 3.8) is 0 Å². The lowest BCUT2D eigenvalue weighted by atomic mass is 9.82. The van der Waals surface area contributed by atoms with Gasteiger partial charge in [0.25, 0.3) is 0 Å². The molecule has 0 aromatic heterocycles. The highest BCUT2D eigenvalue weighted by atomic mass is 19.4. The molecule has 6 heteroatoms. The van der Waals surface area contributed by atoms with Crippen LogP contribution in [0.25, 0.3) is 0 Å². The Bertz CT molecular complexity index is 1080. The Labute approximate surface area is 205 Å². The summed E-state index contributed by atoms with van der Waals surface area (Å²) in [7, 11) is 1.52. The summed E-state index contributed by atoms with van der Waals surface area (Å²) in [6, 6.07) is 25.6. The zero-order valence-electron chi connectivity index (χ0n) is 19.9. The molecule has 0 aliphatic carbocycles. The van der Waals surface area contributed by atoms with Gasteiger partial charge >= 0.3 is 6.18 Å². The molecule has 3 nitrogen and oxygen atoms in total. The molecule has 0 bridgehead atoms. The second-order valence-corrected chi connectivity index (χ2v) is 9.62. The van der Waals surface area contributed by atoms with Gasteiger partial charge in [-0.15, -0.1) is 0 Å². The molecule has 2 atom stereocenters. The number of nitrogens with zero attached hydrogens (tertiary/aromatic N) is 2. The summed E-state index contributed by atoms with van der Waals surface area (Å²) in [4.78, 5) is 4.97. The summed E-state index contributed by atoms with van der Waals surface area (Å²) >= 11 is 0. The van der Waals surface area contributed by atoms with Crippen LogP contribution >= 0.6 is 0 Å². The third kappa shape index (κ3) is 5.09. The van der Waals surface area contributed by atoms with Crippen LogP contribution in [0.5, 0.6) is 5.75 Å². The number of ether oxygens (including phenoxy) is 1. The highest BCUT2D eigenvalue weighted by Crippen LogP contribution is 2.39. The summed E-state index contributed by atoms with van der Waals surface area (Å²) in [6.45, 7) is 3.13. The third-order valence-electron chi connectivity index (χ3n) is 7.47. The molecule has 3 aromatic carbocycles. The number of alkyl halides is 3. The molecule has 2 fully saturated rings. The van der Waals surface area contributed by atoms with E-state index in [1.807, 2.05) is 12.1 Å². The van der Waals surface area contributed by atoms with Crippen molar-refractivity contribution in [1.82, 2.24) is 9.80 Å². The molecule has 0 saturated carbocycles. The maximum atomic E-state index is 13.4. The fraction of sp³-hybridized carbons (Fsp3) is 0.379. The largest absolute Gasteiger partial charge is 0.496 e. The monoisotopic (exact) mass is 480 g/mol. The van der Waals surface area contributed by atoms with Crippen molar-refractivity contribution >= 4 is 0 Å². The van der Waals surface area contributed by atoms with Gasteiger partial charge in [0.15, 0.2) is 0 Å². The molecule has 35 heavy (non-hydrogen) atoms. The quantitative estimate of drug-likeness (QED) is 0.418. The van der Waals surface area contributed by atoms with Crippen molar-refractivity contribution in [2.75, 3.05) is 26.7 Å². The summed E-state index contributed by atoms with van der Waals surface area (Å²) in [5.41, 5.74) is 2.50.